The van der Waals surface area contributed by atoms with Crippen molar-refractivity contribution < 1.29 is 4.79 Å². The molecule has 1 aliphatic rings. The Hall–Kier alpha value is -2.33. The highest BCUT2D eigenvalue weighted by atomic mass is 35.5. The number of benzene rings is 2. The van der Waals surface area contributed by atoms with Crippen LogP contribution in [-0.2, 0) is 0 Å². The minimum atomic E-state index is -0.276. The molecule has 28 heavy (non-hydrogen) atoms. The Morgan fingerprint density at radius 1 is 1.36 bits per heavy atom. The maximum absolute atomic E-state index is 12.2. The molecule has 3 rings (SSSR count). The van der Waals surface area contributed by atoms with Crippen LogP contribution in [0.2, 0.25) is 5.02 Å². The van der Waals surface area contributed by atoms with Crippen LogP contribution in [0.4, 0.5) is 5.69 Å². The maximum Gasteiger partial charge on any atom is 0.271 e. The van der Waals surface area contributed by atoms with Crippen LogP contribution in [0.25, 0.3) is 0 Å². The number of hydrogen-bond donors (Lipinski definition) is 1. The topological polar surface area (TPSA) is 44.7 Å². The summed E-state index contributed by atoms with van der Waals surface area (Å²) in [6, 6.07) is 11.3. The zero-order valence-corrected chi connectivity index (χ0v) is 18.0. The number of rotatable bonds is 4. The summed E-state index contributed by atoms with van der Waals surface area (Å²) in [5.74, 6) is 0.197. The van der Waals surface area contributed by atoms with Crippen molar-refractivity contribution in [3.05, 3.63) is 63.7 Å². The Bertz CT molecular complexity index is 920. The molecule has 0 spiro atoms. The zero-order valence-electron chi connectivity index (χ0n) is 17.2. The van der Waals surface area contributed by atoms with Gasteiger partial charge in [0.1, 0.15) is 0 Å². The summed E-state index contributed by atoms with van der Waals surface area (Å²) in [7, 11) is 0. The fourth-order valence-electron chi connectivity index (χ4n) is 4.24. The molecule has 0 radical (unpaired) electrons. The number of aryl methyl sites for hydroxylation is 1. The van der Waals surface area contributed by atoms with Gasteiger partial charge in [-0.2, -0.15) is 5.10 Å². The Balaban J connectivity index is 1.83. The molecule has 0 aromatic heterocycles. The molecule has 1 amide bonds. The maximum atomic E-state index is 12.2. The van der Waals surface area contributed by atoms with E-state index in [-0.39, 0.29) is 11.4 Å². The number of carbonyl (C=O) groups is 1. The Kier molecular flexibility index (Phi) is 5.80. The van der Waals surface area contributed by atoms with E-state index < -0.39 is 0 Å². The number of hydrazone groups is 1. The SMILES string of the molecule is CCN1c2cc(C)c(/C=N\NC(=O)c3cccc(Cl)c3)cc2[C@@H](C)CC1(C)C. The van der Waals surface area contributed by atoms with Gasteiger partial charge in [-0.15, -0.1) is 0 Å². The molecule has 2 aromatic rings. The smallest absolute Gasteiger partial charge is 0.271 e. The molecule has 0 saturated heterocycles. The molecular formula is C23H28ClN3O. The van der Waals surface area contributed by atoms with Crippen molar-refractivity contribution >= 4 is 29.4 Å². The number of amides is 1. The normalized spacial score (nSPS) is 18.2. The molecule has 1 heterocycles. The van der Waals surface area contributed by atoms with Crippen LogP contribution < -0.4 is 10.3 Å². The van der Waals surface area contributed by atoms with E-state index in [4.69, 9.17) is 11.6 Å². The standard InChI is InChI=1S/C23H28ClN3O/c1-6-27-21-10-15(2)18(12-20(21)16(3)13-23(27,4)5)14-25-26-22(28)17-8-7-9-19(24)11-17/h7-12,14,16H,6,13H2,1-5H3,(H,26,28)/b25-14-/t16-/m0/s1. The molecule has 5 heteroatoms. The first-order valence-corrected chi connectivity index (χ1v) is 10.1. The van der Waals surface area contributed by atoms with Crippen LogP contribution in [0, 0.1) is 6.92 Å². The molecule has 2 aromatic carbocycles. The molecule has 1 N–H and O–H groups in total. The average Bonchev–Trinajstić information content (AvgIpc) is 2.62. The van der Waals surface area contributed by atoms with Gasteiger partial charge in [0.2, 0.25) is 0 Å². The summed E-state index contributed by atoms with van der Waals surface area (Å²) < 4.78 is 0. The quantitative estimate of drug-likeness (QED) is 0.545. The van der Waals surface area contributed by atoms with Gasteiger partial charge in [0.25, 0.3) is 5.91 Å². The molecule has 1 aliphatic heterocycles. The van der Waals surface area contributed by atoms with Crippen LogP contribution in [0.5, 0.6) is 0 Å². The van der Waals surface area contributed by atoms with E-state index in [1.165, 1.54) is 11.3 Å². The highest BCUT2D eigenvalue weighted by Gasteiger charge is 2.35. The predicted molar refractivity (Wildman–Crippen MR) is 118 cm³/mol. The van der Waals surface area contributed by atoms with E-state index in [0.29, 0.717) is 16.5 Å². The number of halogens is 1. The molecule has 0 saturated carbocycles. The second-order valence-electron chi connectivity index (χ2n) is 8.14. The van der Waals surface area contributed by atoms with Gasteiger partial charge in [-0.05, 0) is 87.1 Å². The number of fused-ring (bicyclic) bond motifs is 1. The fraction of sp³-hybridized carbons (Fsp3) is 0.391. The van der Waals surface area contributed by atoms with Gasteiger partial charge < -0.3 is 4.90 Å². The lowest BCUT2D eigenvalue weighted by molar-refractivity contribution is 0.0955. The third-order valence-corrected chi connectivity index (χ3v) is 5.78. The third-order valence-electron chi connectivity index (χ3n) is 5.55. The molecule has 0 bridgehead atoms. The van der Waals surface area contributed by atoms with Crippen molar-refractivity contribution in [2.24, 2.45) is 5.10 Å². The first kappa shape index (κ1) is 20.4. The van der Waals surface area contributed by atoms with E-state index in [1.807, 2.05) is 0 Å². The van der Waals surface area contributed by atoms with Crippen LogP contribution >= 0.6 is 11.6 Å². The minimum Gasteiger partial charge on any atom is -0.366 e. The predicted octanol–water partition coefficient (Wildman–Crippen LogP) is 5.52. The summed E-state index contributed by atoms with van der Waals surface area (Å²) in [6.45, 7) is 12.2. The highest BCUT2D eigenvalue weighted by Crippen LogP contribution is 2.43. The number of nitrogens with one attached hydrogen (secondary N) is 1. The minimum absolute atomic E-state index is 0.147. The number of hydrogen-bond acceptors (Lipinski definition) is 3. The lowest BCUT2D eigenvalue weighted by Gasteiger charge is -2.47. The van der Waals surface area contributed by atoms with Crippen molar-refractivity contribution in [1.82, 2.24) is 5.43 Å². The fourth-order valence-corrected chi connectivity index (χ4v) is 4.43. The third kappa shape index (κ3) is 4.07. The highest BCUT2D eigenvalue weighted by molar-refractivity contribution is 6.30. The zero-order chi connectivity index (χ0) is 20.5. The molecule has 0 unspecified atom stereocenters. The van der Waals surface area contributed by atoms with Crippen LogP contribution in [0.3, 0.4) is 0 Å². The average molecular weight is 398 g/mol. The van der Waals surface area contributed by atoms with E-state index in [0.717, 1.165) is 24.1 Å². The van der Waals surface area contributed by atoms with Crippen molar-refractivity contribution in [2.75, 3.05) is 11.4 Å². The first-order chi connectivity index (χ1) is 13.2. The monoisotopic (exact) mass is 397 g/mol. The molecule has 1 atom stereocenters. The van der Waals surface area contributed by atoms with Crippen molar-refractivity contribution in [3.8, 4) is 0 Å². The van der Waals surface area contributed by atoms with Gasteiger partial charge in [-0.1, -0.05) is 24.6 Å². The molecular weight excluding hydrogens is 370 g/mol. The van der Waals surface area contributed by atoms with Gasteiger partial charge >= 0.3 is 0 Å². The summed E-state index contributed by atoms with van der Waals surface area (Å²) in [5, 5.41) is 4.70. The van der Waals surface area contributed by atoms with Crippen molar-refractivity contribution in [2.45, 2.75) is 52.5 Å². The Labute approximate surface area is 172 Å². The van der Waals surface area contributed by atoms with Gasteiger partial charge in [0.05, 0.1) is 6.21 Å². The van der Waals surface area contributed by atoms with E-state index in [1.54, 1.807) is 30.5 Å². The second-order valence-corrected chi connectivity index (χ2v) is 8.58. The van der Waals surface area contributed by atoms with Gasteiger partial charge in [0.15, 0.2) is 0 Å². The summed E-state index contributed by atoms with van der Waals surface area (Å²) >= 11 is 5.94. The first-order valence-electron chi connectivity index (χ1n) is 9.74. The van der Waals surface area contributed by atoms with Crippen molar-refractivity contribution in [1.29, 1.82) is 0 Å². The second kappa shape index (κ2) is 7.96. The Morgan fingerprint density at radius 2 is 2.11 bits per heavy atom. The molecule has 0 aliphatic carbocycles. The summed E-state index contributed by atoms with van der Waals surface area (Å²) in [4.78, 5) is 14.7. The van der Waals surface area contributed by atoms with E-state index in [9.17, 15) is 4.79 Å². The van der Waals surface area contributed by atoms with E-state index >= 15 is 0 Å². The molecule has 4 nitrogen and oxygen atoms in total. The van der Waals surface area contributed by atoms with Crippen molar-refractivity contribution in [3.63, 3.8) is 0 Å². The number of carbonyl (C=O) groups excluding carboxylic acids is 1. The van der Waals surface area contributed by atoms with E-state index in [2.05, 4.69) is 62.2 Å². The van der Waals surface area contributed by atoms with Crippen LogP contribution in [0.15, 0.2) is 41.5 Å². The Morgan fingerprint density at radius 3 is 2.79 bits per heavy atom. The van der Waals surface area contributed by atoms with Crippen LogP contribution in [0.1, 0.15) is 67.1 Å². The van der Waals surface area contributed by atoms with Gasteiger partial charge in [-0.25, -0.2) is 5.43 Å². The molecule has 148 valence electrons. The van der Waals surface area contributed by atoms with Gasteiger partial charge in [-0.3, -0.25) is 4.79 Å². The summed E-state index contributed by atoms with van der Waals surface area (Å²) in [5.41, 5.74) is 8.04. The summed E-state index contributed by atoms with van der Waals surface area (Å²) in [6.07, 6.45) is 2.83. The van der Waals surface area contributed by atoms with Gasteiger partial charge in [0, 0.05) is 28.4 Å². The largest absolute Gasteiger partial charge is 0.366 e. The molecule has 0 fully saturated rings. The lowest BCUT2D eigenvalue weighted by Crippen LogP contribution is -2.48. The number of anilines is 1. The lowest BCUT2D eigenvalue weighted by atomic mass is 9.79. The number of nitrogens with zero attached hydrogens (tertiary/aromatic N) is 2. The van der Waals surface area contributed by atoms with Crippen LogP contribution in [-0.4, -0.2) is 24.2 Å².